The molecule has 2 aliphatic heterocycles. The van der Waals surface area contributed by atoms with Crippen LogP contribution in [0.3, 0.4) is 0 Å². The van der Waals surface area contributed by atoms with Gasteiger partial charge < -0.3 is 14.4 Å². The van der Waals surface area contributed by atoms with Crippen LogP contribution in [0.25, 0.3) is 11.2 Å². The summed E-state index contributed by atoms with van der Waals surface area (Å²) in [6.45, 7) is 12.5. The monoisotopic (exact) mass is 342 g/mol. The number of aryl methyl sites for hydroxylation is 1. The quantitative estimate of drug-likeness (QED) is 0.832. The molecule has 2 aromatic heterocycles. The van der Waals surface area contributed by atoms with E-state index in [1.165, 1.54) is 0 Å². The first kappa shape index (κ1) is 16.3. The zero-order valence-corrected chi connectivity index (χ0v) is 15.4. The lowest BCUT2D eigenvalue weighted by Crippen LogP contribution is -2.40. The molecule has 0 N–H and O–H groups in total. The Hall–Kier alpha value is -2.18. The summed E-state index contributed by atoms with van der Waals surface area (Å²) >= 11 is 0. The van der Waals surface area contributed by atoms with E-state index in [9.17, 15) is 4.79 Å². The summed E-state index contributed by atoms with van der Waals surface area (Å²) in [6.07, 6.45) is 3.47. The van der Waals surface area contributed by atoms with Crippen molar-refractivity contribution in [2.45, 2.75) is 34.2 Å². The van der Waals surface area contributed by atoms with Gasteiger partial charge in [0, 0.05) is 50.0 Å². The highest BCUT2D eigenvalue weighted by molar-refractivity contribution is 5.84. The maximum absolute atomic E-state index is 12.5. The summed E-state index contributed by atoms with van der Waals surface area (Å²) in [5, 5.41) is 0. The topological polar surface area (TPSA) is 67.2 Å². The summed E-state index contributed by atoms with van der Waals surface area (Å²) in [5.41, 5.74) is 1.48. The Labute approximate surface area is 148 Å². The minimum absolute atomic E-state index is 0.263. The molecule has 0 aliphatic carbocycles. The van der Waals surface area contributed by atoms with Crippen LogP contribution in [0.1, 0.15) is 27.7 Å². The molecule has 2 aromatic rings. The van der Waals surface area contributed by atoms with E-state index in [0.29, 0.717) is 11.8 Å². The Balaban J connectivity index is 1.53. The first-order chi connectivity index (χ1) is 11.9. The van der Waals surface area contributed by atoms with Crippen LogP contribution in [0.2, 0.25) is 0 Å². The zero-order chi connectivity index (χ0) is 17.8. The molecular weight excluding hydrogens is 316 g/mol. The van der Waals surface area contributed by atoms with Gasteiger partial charge in [-0.1, -0.05) is 20.8 Å². The summed E-state index contributed by atoms with van der Waals surface area (Å²) < 4.78 is 2.04. The Bertz CT molecular complexity index is 793. The Kier molecular flexibility index (Phi) is 3.70. The van der Waals surface area contributed by atoms with Gasteiger partial charge in [-0.15, -0.1) is 0 Å². The Morgan fingerprint density at radius 2 is 1.80 bits per heavy atom. The minimum Gasteiger partial charge on any atom is -0.354 e. The maximum Gasteiger partial charge on any atom is 0.227 e. The van der Waals surface area contributed by atoms with E-state index in [2.05, 4.69) is 26.8 Å². The van der Waals surface area contributed by atoms with Crippen molar-refractivity contribution in [2.75, 3.05) is 31.1 Å². The number of fused-ring (bicyclic) bond motifs is 2. The molecular formula is C18H26N6O. The van der Waals surface area contributed by atoms with Crippen LogP contribution in [-0.2, 0) is 11.3 Å². The van der Waals surface area contributed by atoms with E-state index < -0.39 is 0 Å². The van der Waals surface area contributed by atoms with Crippen molar-refractivity contribution >= 4 is 22.9 Å². The normalized spacial score (nSPS) is 23.5. The highest BCUT2D eigenvalue weighted by Crippen LogP contribution is 2.36. The van der Waals surface area contributed by atoms with Crippen LogP contribution in [0.15, 0.2) is 12.7 Å². The van der Waals surface area contributed by atoms with Crippen molar-refractivity contribution in [1.29, 1.82) is 0 Å². The summed E-state index contributed by atoms with van der Waals surface area (Å²) in [6, 6.07) is 0. The third-order valence-electron chi connectivity index (χ3n) is 5.44. The minimum atomic E-state index is -0.301. The number of anilines is 1. The van der Waals surface area contributed by atoms with Crippen LogP contribution in [0.4, 0.5) is 5.82 Å². The van der Waals surface area contributed by atoms with E-state index in [-0.39, 0.29) is 11.3 Å². The largest absolute Gasteiger partial charge is 0.354 e. The van der Waals surface area contributed by atoms with Crippen molar-refractivity contribution < 1.29 is 4.79 Å². The number of amides is 1. The predicted octanol–water partition coefficient (Wildman–Crippen LogP) is 1.79. The number of aromatic nitrogens is 4. The standard InChI is InChI=1S/C18H26N6O/c1-5-22-11-21-14-15(22)19-10-20-16(14)23-6-12-8-24(9-13(12)7-23)17(25)18(2,3)4/h10-13H,5-9H2,1-4H3. The van der Waals surface area contributed by atoms with E-state index in [1.807, 2.05) is 36.6 Å². The number of nitrogens with zero attached hydrogens (tertiary/aromatic N) is 6. The highest BCUT2D eigenvalue weighted by Gasteiger charge is 2.44. The second-order valence-electron chi connectivity index (χ2n) is 8.29. The fourth-order valence-corrected chi connectivity index (χ4v) is 4.14. The number of hydrogen-bond donors (Lipinski definition) is 0. The van der Waals surface area contributed by atoms with Crippen LogP contribution >= 0.6 is 0 Å². The number of carbonyl (C=O) groups is 1. The van der Waals surface area contributed by atoms with Crippen molar-refractivity contribution in [3.63, 3.8) is 0 Å². The molecule has 1 amide bonds. The summed E-state index contributed by atoms with van der Waals surface area (Å²) in [4.78, 5) is 30.4. The number of rotatable bonds is 2. The van der Waals surface area contributed by atoms with Crippen molar-refractivity contribution in [2.24, 2.45) is 17.3 Å². The molecule has 0 bridgehead atoms. The molecule has 7 nitrogen and oxygen atoms in total. The SMILES string of the molecule is CCn1cnc2c(N3CC4CN(C(=O)C(C)(C)C)CC4C3)ncnc21. The zero-order valence-electron chi connectivity index (χ0n) is 15.4. The number of imidazole rings is 1. The summed E-state index contributed by atoms with van der Waals surface area (Å²) in [7, 11) is 0. The molecule has 4 rings (SSSR count). The van der Waals surface area contributed by atoms with Crippen LogP contribution < -0.4 is 4.90 Å². The lowest BCUT2D eigenvalue weighted by molar-refractivity contribution is -0.138. The fraction of sp³-hybridized carbons (Fsp3) is 0.667. The van der Waals surface area contributed by atoms with E-state index >= 15 is 0 Å². The summed E-state index contributed by atoms with van der Waals surface area (Å²) in [5.74, 6) is 2.23. The number of hydrogen-bond acceptors (Lipinski definition) is 5. The van der Waals surface area contributed by atoms with Crippen molar-refractivity contribution in [3.8, 4) is 0 Å². The van der Waals surface area contributed by atoms with Gasteiger partial charge in [0.1, 0.15) is 6.33 Å². The number of carbonyl (C=O) groups excluding carboxylic acids is 1. The molecule has 2 fully saturated rings. The average molecular weight is 342 g/mol. The molecule has 2 saturated heterocycles. The smallest absolute Gasteiger partial charge is 0.227 e. The Morgan fingerprint density at radius 1 is 1.12 bits per heavy atom. The molecule has 7 heteroatoms. The van der Waals surface area contributed by atoms with Gasteiger partial charge in [0.25, 0.3) is 0 Å². The van der Waals surface area contributed by atoms with Crippen molar-refractivity contribution in [3.05, 3.63) is 12.7 Å². The molecule has 0 saturated carbocycles. The second kappa shape index (κ2) is 5.68. The molecule has 0 radical (unpaired) electrons. The predicted molar refractivity (Wildman–Crippen MR) is 96.2 cm³/mol. The highest BCUT2D eigenvalue weighted by atomic mass is 16.2. The molecule has 2 unspecified atom stereocenters. The van der Waals surface area contributed by atoms with Gasteiger partial charge in [0.15, 0.2) is 17.0 Å². The third kappa shape index (κ3) is 2.65. The lowest BCUT2D eigenvalue weighted by atomic mass is 9.95. The first-order valence-corrected chi connectivity index (χ1v) is 9.08. The maximum atomic E-state index is 12.5. The van der Waals surface area contributed by atoms with Gasteiger partial charge in [-0.3, -0.25) is 4.79 Å². The van der Waals surface area contributed by atoms with Crippen LogP contribution in [0.5, 0.6) is 0 Å². The van der Waals surface area contributed by atoms with Crippen LogP contribution in [0, 0.1) is 17.3 Å². The molecule has 2 atom stereocenters. The van der Waals surface area contributed by atoms with Crippen LogP contribution in [-0.4, -0.2) is 56.5 Å². The van der Waals surface area contributed by atoms with Gasteiger partial charge in [-0.05, 0) is 6.92 Å². The van der Waals surface area contributed by atoms with Gasteiger partial charge >= 0.3 is 0 Å². The molecule has 0 spiro atoms. The van der Waals surface area contributed by atoms with Crippen molar-refractivity contribution in [1.82, 2.24) is 24.4 Å². The molecule has 134 valence electrons. The number of likely N-dealkylation sites (tertiary alicyclic amines) is 1. The van der Waals surface area contributed by atoms with Gasteiger partial charge in [-0.2, -0.15) is 0 Å². The second-order valence-corrected chi connectivity index (χ2v) is 8.29. The molecule has 2 aliphatic rings. The molecule has 4 heterocycles. The average Bonchev–Trinajstić information content (AvgIpc) is 3.24. The third-order valence-corrected chi connectivity index (χ3v) is 5.44. The first-order valence-electron chi connectivity index (χ1n) is 9.08. The molecule has 0 aromatic carbocycles. The van der Waals surface area contributed by atoms with E-state index in [1.54, 1.807) is 6.33 Å². The molecule has 25 heavy (non-hydrogen) atoms. The lowest BCUT2D eigenvalue weighted by Gasteiger charge is -2.27. The fourth-order valence-electron chi connectivity index (χ4n) is 4.14. The Morgan fingerprint density at radius 3 is 2.40 bits per heavy atom. The van der Waals surface area contributed by atoms with Gasteiger partial charge in [0.05, 0.1) is 6.33 Å². The van der Waals surface area contributed by atoms with Gasteiger partial charge in [-0.25, -0.2) is 15.0 Å². The van der Waals surface area contributed by atoms with E-state index in [4.69, 9.17) is 0 Å². The van der Waals surface area contributed by atoms with Gasteiger partial charge in [0.2, 0.25) is 5.91 Å². The van der Waals surface area contributed by atoms with E-state index in [0.717, 1.165) is 49.7 Å².